The van der Waals surface area contributed by atoms with Crippen LogP contribution >= 0.6 is 38.9 Å². The number of halogens is 5. The first-order valence-electron chi connectivity index (χ1n) is 13.1. The molecule has 0 unspecified atom stereocenters. The second-order valence-corrected chi connectivity index (χ2v) is 11.8. The Morgan fingerprint density at radius 1 is 1.16 bits per heavy atom. The van der Waals surface area contributed by atoms with Crippen molar-refractivity contribution in [3.8, 4) is 5.75 Å². The summed E-state index contributed by atoms with van der Waals surface area (Å²) in [5.74, 6) is -0.792. The Bertz CT molecular complexity index is 2010. The van der Waals surface area contributed by atoms with Gasteiger partial charge in [0.25, 0.3) is 11.2 Å². The van der Waals surface area contributed by atoms with Crippen LogP contribution in [0, 0.1) is 10.1 Å². The molecule has 4 aromatic rings. The molecule has 45 heavy (non-hydrogen) atoms. The Kier molecular flexibility index (Phi) is 9.28. The van der Waals surface area contributed by atoms with E-state index < -0.39 is 39.9 Å². The van der Waals surface area contributed by atoms with Crippen LogP contribution in [0.5, 0.6) is 5.75 Å². The predicted octanol–water partition coefficient (Wildman–Crippen LogP) is 6.24. The zero-order valence-corrected chi connectivity index (χ0v) is 26.2. The van der Waals surface area contributed by atoms with Gasteiger partial charge in [-0.3, -0.25) is 19.5 Å². The average Bonchev–Trinajstić information content (AvgIpc) is 3.30. The van der Waals surface area contributed by atoms with Crippen molar-refractivity contribution in [1.29, 1.82) is 0 Å². The highest BCUT2D eigenvalue weighted by Gasteiger charge is 2.45. The number of aromatic nitrogens is 1. The van der Waals surface area contributed by atoms with Crippen LogP contribution in [0.4, 0.5) is 18.9 Å². The molecule has 0 bridgehead atoms. The molecule has 1 atom stereocenters. The number of rotatable bonds is 8. The largest absolute Gasteiger partial charge is 0.488 e. The van der Waals surface area contributed by atoms with E-state index in [9.17, 15) is 32.9 Å². The van der Waals surface area contributed by atoms with Crippen LogP contribution in [0.2, 0.25) is 5.02 Å². The summed E-state index contributed by atoms with van der Waals surface area (Å²) in [7, 11) is 0. The average molecular weight is 723 g/mol. The van der Waals surface area contributed by atoms with Crippen molar-refractivity contribution in [1.82, 2.24) is 4.57 Å². The zero-order valence-electron chi connectivity index (χ0n) is 23.0. The first-order chi connectivity index (χ1) is 21.4. The van der Waals surface area contributed by atoms with Gasteiger partial charge in [-0.2, -0.15) is 13.2 Å². The molecule has 0 aliphatic carbocycles. The van der Waals surface area contributed by atoms with Crippen molar-refractivity contribution in [2.75, 3.05) is 6.61 Å². The van der Waals surface area contributed by atoms with Crippen LogP contribution in [0.1, 0.15) is 29.7 Å². The van der Waals surface area contributed by atoms with Gasteiger partial charge in [-0.25, -0.2) is 9.79 Å². The summed E-state index contributed by atoms with van der Waals surface area (Å²) in [5, 5.41) is 11.2. The Morgan fingerprint density at radius 3 is 2.44 bits per heavy atom. The molecule has 5 rings (SSSR count). The zero-order chi connectivity index (χ0) is 32.5. The molecule has 9 nitrogen and oxygen atoms in total. The first-order valence-corrected chi connectivity index (χ1v) is 15.1. The lowest BCUT2D eigenvalue weighted by Crippen LogP contribution is -2.41. The van der Waals surface area contributed by atoms with Crippen LogP contribution < -0.4 is 19.6 Å². The number of nitro groups is 1. The van der Waals surface area contributed by atoms with Gasteiger partial charge in [0.1, 0.15) is 12.4 Å². The number of nitrogens with zero attached hydrogens (tertiary/aromatic N) is 3. The molecule has 0 radical (unpaired) electrons. The van der Waals surface area contributed by atoms with E-state index in [1.807, 2.05) is 0 Å². The number of esters is 1. The van der Waals surface area contributed by atoms with E-state index in [0.717, 1.165) is 15.9 Å². The normalized spacial score (nSPS) is 15.0. The van der Waals surface area contributed by atoms with Gasteiger partial charge in [-0.15, -0.1) is 0 Å². The highest BCUT2D eigenvalue weighted by Crippen LogP contribution is 2.38. The smallest absolute Gasteiger partial charge is 0.434 e. The summed E-state index contributed by atoms with van der Waals surface area (Å²) in [6.45, 7) is 1.40. The van der Waals surface area contributed by atoms with Crippen LogP contribution in [0.15, 0.2) is 92.3 Å². The molecule has 232 valence electrons. The van der Waals surface area contributed by atoms with Crippen molar-refractivity contribution < 1.29 is 32.4 Å². The van der Waals surface area contributed by atoms with Crippen molar-refractivity contribution in [2.24, 2.45) is 4.99 Å². The molecule has 0 saturated carbocycles. The minimum absolute atomic E-state index is 0.0409. The third kappa shape index (κ3) is 6.87. The van der Waals surface area contributed by atoms with Gasteiger partial charge in [0.15, 0.2) is 10.5 Å². The van der Waals surface area contributed by atoms with Gasteiger partial charge >= 0.3 is 12.1 Å². The third-order valence-corrected chi connectivity index (χ3v) is 8.43. The number of thiazole rings is 1. The first kappa shape index (κ1) is 32.1. The predicted molar refractivity (Wildman–Crippen MR) is 164 cm³/mol. The van der Waals surface area contributed by atoms with Crippen molar-refractivity contribution in [3.05, 3.63) is 134 Å². The summed E-state index contributed by atoms with van der Waals surface area (Å²) >= 11 is 10.2. The van der Waals surface area contributed by atoms with E-state index in [0.29, 0.717) is 26.4 Å². The number of nitro benzene ring substituents is 1. The molecule has 0 spiro atoms. The fourth-order valence-electron chi connectivity index (χ4n) is 4.55. The highest BCUT2D eigenvalue weighted by molar-refractivity contribution is 9.10. The number of ether oxygens (including phenoxy) is 2. The molecule has 1 aliphatic rings. The molecule has 1 aromatic heterocycles. The fraction of sp³-hybridized carbons (Fsp3) is 0.167. The Morgan fingerprint density at radius 2 is 1.84 bits per heavy atom. The fourth-order valence-corrected chi connectivity index (χ4v) is 6.19. The summed E-state index contributed by atoms with van der Waals surface area (Å²) < 4.78 is 55.3. The standard InChI is InChI=1S/C30H20BrClF3N3O6S/c1-2-43-28(40)24-25(18-6-8-19(32)9-7-18)37-27(39)23(45-29(37)36-26(24)30(33,34)35)14-17-5-12-22(21(31)13-17)44-15-16-3-10-20(11-4-16)38(41)42/h3-14,25H,2,15H2,1H3/b23-14-/t25-/m0/s1. The monoisotopic (exact) mass is 721 g/mol. The van der Waals surface area contributed by atoms with Gasteiger partial charge < -0.3 is 9.47 Å². The highest BCUT2D eigenvalue weighted by atomic mass is 79.9. The lowest BCUT2D eigenvalue weighted by Gasteiger charge is -2.26. The number of alkyl halides is 3. The molecule has 15 heteroatoms. The number of hydrogen-bond acceptors (Lipinski definition) is 8. The minimum Gasteiger partial charge on any atom is -0.488 e. The van der Waals surface area contributed by atoms with E-state index in [1.165, 1.54) is 49.4 Å². The number of non-ortho nitro benzene ring substituents is 1. The lowest BCUT2D eigenvalue weighted by atomic mass is 9.95. The SMILES string of the molecule is CCOC(=O)C1=C(C(F)(F)F)N=c2s/c(=C\c3ccc(OCc4ccc([N+](=O)[O-])cc4)c(Br)c3)c(=O)n2[C@H]1c1ccc(Cl)cc1. The van der Waals surface area contributed by atoms with Crippen LogP contribution in [0.25, 0.3) is 6.08 Å². The van der Waals surface area contributed by atoms with E-state index in [2.05, 4.69) is 20.9 Å². The van der Waals surface area contributed by atoms with E-state index in [-0.39, 0.29) is 33.8 Å². The summed E-state index contributed by atoms with van der Waals surface area (Å²) in [4.78, 5) is 40.6. The van der Waals surface area contributed by atoms with Crippen LogP contribution in [0.3, 0.4) is 0 Å². The number of fused-ring (bicyclic) bond motifs is 1. The molecule has 3 aromatic carbocycles. The maximum atomic E-state index is 14.3. The Balaban J connectivity index is 1.54. The second-order valence-electron chi connectivity index (χ2n) is 9.52. The third-order valence-electron chi connectivity index (χ3n) is 6.58. The molecule has 0 fully saturated rings. The van der Waals surface area contributed by atoms with Crippen LogP contribution in [-0.4, -0.2) is 28.2 Å². The van der Waals surface area contributed by atoms with Crippen molar-refractivity contribution in [2.45, 2.75) is 25.7 Å². The molecule has 2 heterocycles. The van der Waals surface area contributed by atoms with Gasteiger partial charge in [0.2, 0.25) is 0 Å². The van der Waals surface area contributed by atoms with E-state index >= 15 is 0 Å². The Labute approximate surface area is 269 Å². The van der Waals surface area contributed by atoms with Gasteiger partial charge in [0.05, 0.1) is 32.2 Å². The van der Waals surface area contributed by atoms with Gasteiger partial charge in [-0.05, 0) is 82.0 Å². The van der Waals surface area contributed by atoms with E-state index in [4.69, 9.17) is 21.1 Å². The molecular weight excluding hydrogens is 703 g/mol. The van der Waals surface area contributed by atoms with Gasteiger partial charge in [0, 0.05) is 17.2 Å². The molecule has 1 aliphatic heterocycles. The minimum atomic E-state index is -5.02. The second kappa shape index (κ2) is 13.0. The van der Waals surface area contributed by atoms with Crippen molar-refractivity contribution >= 4 is 56.6 Å². The lowest BCUT2D eigenvalue weighted by molar-refractivity contribution is -0.384. The quantitative estimate of drug-likeness (QED) is 0.121. The number of allylic oxidation sites excluding steroid dienone is 1. The number of carbonyl (C=O) groups excluding carboxylic acids is 1. The summed E-state index contributed by atoms with van der Waals surface area (Å²) in [5.41, 5.74) is -1.50. The Hall–Kier alpha value is -4.27. The molecular formula is C30H20BrClF3N3O6S. The molecule has 0 N–H and O–H groups in total. The van der Waals surface area contributed by atoms with Gasteiger partial charge in [-0.1, -0.05) is 41.1 Å². The number of hydrogen-bond donors (Lipinski definition) is 0. The maximum Gasteiger partial charge on any atom is 0.434 e. The molecule has 0 saturated heterocycles. The van der Waals surface area contributed by atoms with Crippen LogP contribution in [-0.2, 0) is 16.1 Å². The number of benzene rings is 3. The van der Waals surface area contributed by atoms with Crippen molar-refractivity contribution in [3.63, 3.8) is 0 Å². The maximum absolute atomic E-state index is 14.3. The summed E-state index contributed by atoms with van der Waals surface area (Å²) in [6.07, 6.45) is -3.52. The van der Waals surface area contributed by atoms with E-state index in [1.54, 1.807) is 30.3 Å². The summed E-state index contributed by atoms with van der Waals surface area (Å²) in [6, 6.07) is 15.1. The topological polar surface area (TPSA) is 113 Å². The number of carbonyl (C=O) groups is 1. The molecule has 0 amide bonds.